The van der Waals surface area contributed by atoms with Crippen molar-refractivity contribution in [2.75, 3.05) is 0 Å². The van der Waals surface area contributed by atoms with Crippen LogP contribution in [0.2, 0.25) is 0 Å². The first-order valence-electron chi connectivity index (χ1n) is 12.7. The highest BCUT2D eigenvalue weighted by Crippen LogP contribution is 2.41. The van der Waals surface area contributed by atoms with E-state index in [1.165, 1.54) is 74.7 Å². The Morgan fingerprint density at radius 2 is 1.00 bits per heavy atom. The van der Waals surface area contributed by atoms with Gasteiger partial charge in [0.2, 0.25) is 0 Å². The van der Waals surface area contributed by atoms with Crippen LogP contribution >= 0.6 is 11.3 Å². The van der Waals surface area contributed by atoms with Crippen LogP contribution in [0.3, 0.4) is 0 Å². The fourth-order valence-corrected chi connectivity index (χ4v) is 7.09. The summed E-state index contributed by atoms with van der Waals surface area (Å²) in [7, 11) is 0. The summed E-state index contributed by atoms with van der Waals surface area (Å²) in [5, 5.41) is 10.4. The standard InChI is InChI=1S/C36H22S/c1-2-9-28-24(8-1)22-34(31-11-4-3-10-30(28)31)26-19-17-23-16-18-25(20-27(23)21-26)29-13-7-14-33-32-12-5-6-15-35(32)37-36(29)33/h1-22H. The minimum Gasteiger partial charge on any atom is -0.135 e. The van der Waals surface area contributed by atoms with Gasteiger partial charge in [0.1, 0.15) is 0 Å². The molecule has 0 aliphatic heterocycles. The van der Waals surface area contributed by atoms with Crippen molar-refractivity contribution in [3.05, 3.63) is 133 Å². The maximum absolute atomic E-state index is 2.36. The van der Waals surface area contributed by atoms with Crippen LogP contribution < -0.4 is 0 Å². The summed E-state index contributed by atoms with van der Waals surface area (Å²) in [5.41, 5.74) is 5.12. The van der Waals surface area contributed by atoms with Crippen LogP contribution in [0.5, 0.6) is 0 Å². The Kier molecular flexibility index (Phi) is 4.49. The van der Waals surface area contributed by atoms with Gasteiger partial charge in [0.05, 0.1) is 0 Å². The van der Waals surface area contributed by atoms with Crippen LogP contribution in [0.25, 0.3) is 74.7 Å². The van der Waals surface area contributed by atoms with E-state index in [4.69, 9.17) is 0 Å². The first-order valence-corrected chi connectivity index (χ1v) is 13.5. The molecule has 1 aromatic heterocycles. The van der Waals surface area contributed by atoms with Crippen molar-refractivity contribution in [2.45, 2.75) is 0 Å². The van der Waals surface area contributed by atoms with Crippen LogP contribution in [-0.4, -0.2) is 0 Å². The number of hydrogen-bond acceptors (Lipinski definition) is 1. The second-order valence-corrected chi connectivity index (χ2v) is 10.8. The Bertz CT molecular complexity index is 2140. The predicted octanol–water partition coefficient (Wildman–Crippen LogP) is 10.8. The van der Waals surface area contributed by atoms with Crippen LogP contribution in [-0.2, 0) is 0 Å². The molecule has 0 amide bonds. The quantitative estimate of drug-likeness (QED) is 0.213. The molecule has 7 aromatic carbocycles. The molecule has 0 aliphatic carbocycles. The van der Waals surface area contributed by atoms with Crippen molar-refractivity contribution in [1.82, 2.24) is 0 Å². The largest absolute Gasteiger partial charge is 0.135 e. The molecule has 0 saturated carbocycles. The van der Waals surface area contributed by atoms with Crippen molar-refractivity contribution in [1.29, 1.82) is 0 Å². The number of rotatable bonds is 2. The van der Waals surface area contributed by atoms with E-state index in [-0.39, 0.29) is 0 Å². The Hall–Kier alpha value is -4.46. The van der Waals surface area contributed by atoms with Gasteiger partial charge < -0.3 is 0 Å². The number of fused-ring (bicyclic) bond motifs is 7. The first-order chi connectivity index (χ1) is 18.3. The van der Waals surface area contributed by atoms with E-state index in [2.05, 4.69) is 133 Å². The minimum absolute atomic E-state index is 1.26. The molecule has 37 heavy (non-hydrogen) atoms. The molecule has 0 fully saturated rings. The fourth-order valence-electron chi connectivity index (χ4n) is 5.85. The summed E-state index contributed by atoms with van der Waals surface area (Å²) in [5.74, 6) is 0. The number of hydrogen-bond donors (Lipinski definition) is 0. The Balaban J connectivity index is 1.34. The summed E-state index contributed by atoms with van der Waals surface area (Å²) < 4.78 is 2.70. The zero-order chi connectivity index (χ0) is 24.3. The van der Waals surface area contributed by atoms with E-state index in [9.17, 15) is 0 Å². The molecule has 172 valence electrons. The molecule has 0 saturated heterocycles. The third-order valence-corrected chi connectivity index (χ3v) is 8.85. The summed E-state index contributed by atoms with van der Waals surface area (Å²) in [4.78, 5) is 0. The van der Waals surface area contributed by atoms with Gasteiger partial charge in [-0.2, -0.15) is 0 Å². The Labute approximate surface area is 219 Å². The van der Waals surface area contributed by atoms with E-state index in [1.807, 2.05) is 11.3 Å². The van der Waals surface area contributed by atoms with Crippen molar-refractivity contribution in [2.24, 2.45) is 0 Å². The van der Waals surface area contributed by atoms with Gasteiger partial charge in [-0.1, -0.05) is 109 Å². The summed E-state index contributed by atoms with van der Waals surface area (Å²) in [6.07, 6.45) is 0. The van der Waals surface area contributed by atoms with Crippen molar-refractivity contribution < 1.29 is 0 Å². The van der Waals surface area contributed by atoms with Gasteiger partial charge in [-0.3, -0.25) is 0 Å². The molecule has 0 spiro atoms. The molecule has 0 N–H and O–H groups in total. The van der Waals surface area contributed by atoms with Gasteiger partial charge in [-0.25, -0.2) is 0 Å². The van der Waals surface area contributed by atoms with E-state index < -0.39 is 0 Å². The van der Waals surface area contributed by atoms with Crippen LogP contribution in [0, 0.1) is 0 Å². The second-order valence-electron chi connectivity index (χ2n) is 9.75. The first kappa shape index (κ1) is 20.7. The number of benzene rings is 7. The van der Waals surface area contributed by atoms with Crippen LogP contribution in [0.15, 0.2) is 133 Å². The van der Waals surface area contributed by atoms with E-state index >= 15 is 0 Å². The highest BCUT2D eigenvalue weighted by molar-refractivity contribution is 7.26. The zero-order valence-electron chi connectivity index (χ0n) is 20.1. The zero-order valence-corrected chi connectivity index (χ0v) is 20.9. The lowest BCUT2D eigenvalue weighted by Gasteiger charge is -2.12. The smallest absolute Gasteiger partial charge is 0.0433 e. The molecule has 8 rings (SSSR count). The summed E-state index contributed by atoms with van der Waals surface area (Å²) in [6.45, 7) is 0. The second kappa shape index (κ2) is 8.03. The molecule has 0 bridgehead atoms. The van der Waals surface area contributed by atoms with Gasteiger partial charge in [0.25, 0.3) is 0 Å². The normalized spacial score (nSPS) is 11.8. The third kappa shape index (κ3) is 3.21. The summed E-state index contributed by atoms with van der Waals surface area (Å²) in [6, 6.07) is 49.0. The highest BCUT2D eigenvalue weighted by Gasteiger charge is 2.12. The van der Waals surface area contributed by atoms with Gasteiger partial charge in [-0.15, -0.1) is 11.3 Å². The maximum Gasteiger partial charge on any atom is 0.0433 e. The minimum atomic E-state index is 1.26. The number of thiophene rings is 1. The fraction of sp³-hybridized carbons (Fsp3) is 0. The molecule has 0 radical (unpaired) electrons. The molecule has 1 heterocycles. The van der Waals surface area contributed by atoms with E-state index in [0.717, 1.165) is 0 Å². The maximum atomic E-state index is 2.36. The lowest BCUT2D eigenvalue weighted by atomic mass is 9.91. The van der Waals surface area contributed by atoms with Crippen LogP contribution in [0.4, 0.5) is 0 Å². The van der Waals surface area contributed by atoms with Crippen molar-refractivity contribution in [3.63, 3.8) is 0 Å². The molecule has 1 heteroatoms. The molecule has 0 aliphatic rings. The average Bonchev–Trinajstić information content (AvgIpc) is 3.35. The van der Waals surface area contributed by atoms with E-state index in [1.54, 1.807) is 0 Å². The Morgan fingerprint density at radius 1 is 0.351 bits per heavy atom. The average molecular weight is 487 g/mol. The molecule has 0 nitrogen and oxygen atoms in total. The topological polar surface area (TPSA) is 0 Å². The van der Waals surface area contributed by atoms with Crippen LogP contribution in [0.1, 0.15) is 0 Å². The molecule has 0 unspecified atom stereocenters. The predicted molar refractivity (Wildman–Crippen MR) is 163 cm³/mol. The lowest BCUT2D eigenvalue weighted by molar-refractivity contribution is 1.68. The van der Waals surface area contributed by atoms with Crippen molar-refractivity contribution >= 4 is 63.8 Å². The molecular weight excluding hydrogens is 464 g/mol. The summed E-state index contributed by atoms with van der Waals surface area (Å²) >= 11 is 1.89. The van der Waals surface area contributed by atoms with Crippen molar-refractivity contribution in [3.8, 4) is 22.3 Å². The SMILES string of the molecule is c1ccc2c(c1)cc(-c1ccc3ccc(-c4cccc5c4sc4ccccc45)cc3c1)c1ccccc12. The molecule has 0 atom stereocenters. The monoisotopic (exact) mass is 486 g/mol. The third-order valence-electron chi connectivity index (χ3n) is 7.63. The Morgan fingerprint density at radius 3 is 1.84 bits per heavy atom. The van der Waals surface area contributed by atoms with Gasteiger partial charge in [-0.05, 0) is 78.8 Å². The molecular formula is C36H22S. The highest BCUT2D eigenvalue weighted by atomic mass is 32.1. The lowest BCUT2D eigenvalue weighted by Crippen LogP contribution is -1.86. The molecule has 8 aromatic rings. The van der Waals surface area contributed by atoms with Gasteiger partial charge >= 0.3 is 0 Å². The van der Waals surface area contributed by atoms with Gasteiger partial charge in [0.15, 0.2) is 0 Å². The van der Waals surface area contributed by atoms with Gasteiger partial charge in [0, 0.05) is 20.2 Å². The van der Waals surface area contributed by atoms with E-state index in [0.29, 0.717) is 0 Å².